The van der Waals surface area contributed by atoms with Gasteiger partial charge in [-0.3, -0.25) is 0 Å². The quantitative estimate of drug-likeness (QED) is 0.193. The minimum atomic E-state index is -6.09. The van der Waals surface area contributed by atoms with E-state index in [1.807, 2.05) is 53.3 Å². The van der Waals surface area contributed by atoms with E-state index in [4.69, 9.17) is 40.8 Å². The number of benzene rings is 2. The number of aromatic nitrogens is 2. The van der Waals surface area contributed by atoms with Crippen molar-refractivity contribution >= 4 is 41.4 Å². The Hall–Kier alpha value is -1.92. The van der Waals surface area contributed by atoms with Crippen LogP contribution >= 0.6 is 23.2 Å². The lowest BCUT2D eigenvalue weighted by molar-refractivity contribution is -0.852. The van der Waals surface area contributed by atoms with E-state index in [-0.39, 0.29) is 0 Å². The first-order valence-electron chi connectivity index (χ1n) is 9.02. The van der Waals surface area contributed by atoms with Gasteiger partial charge < -0.3 is 4.55 Å². The summed E-state index contributed by atoms with van der Waals surface area (Å²) in [5.74, 6) is 0. The molecule has 0 N–H and O–H groups in total. The number of rotatable bonds is 4. The van der Waals surface area contributed by atoms with Crippen LogP contribution in [-0.4, -0.2) is 31.7 Å². The Morgan fingerprint density at radius 3 is 1.75 bits per heavy atom. The van der Waals surface area contributed by atoms with E-state index in [0.29, 0.717) is 10.0 Å². The minimum Gasteiger partial charge on any atom is -0.741 e. The number of halogens is 5. The molecule has 32 heavy (non-hydrogen) atoms. The molecule has 1 heterocycles. The maximum absolute atomic E-state index is 10.7. The first kappa shape index (κ1) is 26.3. The van der Waals surface area contributed by atoms with Crippen molar-refractivity contribution in [3.8, 4) is 22.5 Å². The molecule has 6 nitrogen and oxygen atoms in total. The van der Waals surface area contributed by atoms with Crippen LogP contribution in [0, 0.1) is 0 Å². The summed E-state index contributed by atoms with van der Waals surface area (Å²) < 4.78 is 66.5. The summed E-state index contributed by atoms with van der Waals surface area (Å²) in [6.07, 6.45) is 0.853. The Balaban J connectivity index is 0.000000390. The lowest BCUT2D eigenvalue weighted by Crippen LogP contribution is -2.46. The third kappa shape index (κ3) is 7.31. The van der Waals surface area contributed by atoms with Crippen molar-refractivity contribution in [2.45, 2.75) is 31.3 Å². The summed E-state index contributed by atoms with van der Waals surface area (Å²) >= 11 is 12.0. The smallest absolute Gasteiger partial charge is 0.485 e. The van der Waals surface area contributed by atoms with Crippen molar-refractivity contribution in [3.05, 3.63) is 58.6 Å². The molecule has 0 spiro atoms. The third-order valence-corrected chi connectivity index (χ3v) is 6.15. The fourth-order valence-electron chi connectivity index (χ4n) is 2.52. The van der Waals surface area contributed by atoms with Crippen molar-refractivity contribution in [1.29, 1.82) is 0 Å². The summed E-state index contributed by atoms with van der Waals surface area (Å²) in [5, 5.41) is 5.74. The van der Waals surface area contributed by atoms with Crippen LogP contribution in [0.2, 0.25) is 29.7 Å². The Bertz CT molecular complexity index is 1160. The predicted octanol–water partition coefficient (Wildman–Crippen LogP) is 5.53. The molecule has 13 heteroatoms. The fraction of sp³-hybridized carbons (Fsp3) is 0.263. The molecule has 2 aromatic carbocycles. The van der Waals surface area contributed by atoms with E-state index in [0.717, 1.165) is 28.7 Å². The molecule has 0 aliphatic rings. The van der Waals surface area contributed by atoms with Gasteiger partial charge in [-0.15, -0.1) is 0 Å². The van der Waals surface area contributed by atoms with Gasteiger partial charge in [0.05, 0.1) is 8.07 Å². The highest BCUT2D eigenvalue weighted by Crippen LogP contribution is 2.30. The van der Waals surface area contributed by atoms with Crippen LogP contribution in [0.25, 0.3) is 22.5 Å². The molecule has 1 aromatic heterocycles. The maximum atomic E-state index is 10.7. The molecule has 0 saturated carbocycles. The van der Waals surface area contributed by atoms with Crippen molar-refractivity contribution in [3.63, 3.8) is 0 Å². The van der Waals surface area contributed by atoms with Crippen LogP contribution in [0.3, 0.4) is 0 Å². The highest BCUT2D eigenvalue weighted by molar-refractivity contribution is 7.86. The third-order valence-electron chi connectivity index (χ3n) is 3.84. The first-order chi connectivity index (χ1) is 14.6. The average Bonchev–Trinajstić information content (AvgIpc) is 3.03. The molecule has 0 saturated heterocycles. The molecular formula is C19H19Cl2F3N2O4SSi. The zero-order valence-corrected chi connectivity index (χ0v) is 20.5. The van der Waals surface area contributed by atoms with Gasteiger partial charge in [-0.25, -0.2) is 8.42 Å². The maximum Gasteiger partial charge on any atom is 0.485 e. The van der Waals surface area contributed by atoms with E-state index in [2.05, 4.69) is 24.8 Å². The molecule has 0 amide bonds. The molecule has 0 bridgehead atoms. The molecule has 0 radical (unpaired) electrons. The second-order valence-corrected chi connectivity index (χ2v) is 15.6. The van der Waals surface area contributed by atoms with E-state index in [1.165, 1.54) is 0 Å². The Kier molecular flexibility index (Phi) is 8.16. The second-order valence-electron chi connectivity index (χ2n) is 7.88. The van der Waals surface area contributed by atoms with Crippen molar-refractivity contribution in [1.82, 2.24) is 5.16 Å². The largest absolute Gasteiger partial charge is 0.741 e. The number of nitrogens with zero attached hydrogens (tertiary/aromatic N) is 2. The highest BCUT2D eigenvalue weighted by Gasteiger charge is 2.37. The van der Waals surface area contributed by atoms with Gasteiger partial charge in [0.1, 0.15) is 6.17 Å². The number of alkyl halides is 3. The standard InChI is InChI=1S/C18H19Cl2N2OSi.CHF3O3S/c1-24(2,3)12-22-18(14-6-10-16(20)11-7-14)17(21-23-22)13-4-8-15(19)9-5-13;2-1(3,4)8(5,6)7/h4-11H,12H2,1-3H3;(H,5,6,7)/q+1;/p-1. The zero-order chi connectivity index (χ0) is 24.3. The van der Waals surface area contributed by atoms with E-state index < -0.39 is 23.7 Å². The molecule has 0 unspecified atom stereocenters. The van der Waals surface area contributed by atoms with Gasteiger partial charge in [0.25, 0.3) is 5.69 Å². The fourth-order valence-corrected chi connectivity index (χ4v) is 3.85. The lowest BCUT2D eigenvalue weighted by atomic mass is 10.0. The zero-order valence-electron chi connectivity index (χ0n) is 17.2. The number of hydrogen-bond donors (Lipinski definition) is 0. The lowest BCUT2D eigenvalue weighted by Gasteiger charge is -2.11. The molecular weight excluding hydrogens is 508 g/mol. The predicted molar refractivity (Wildman–Crippen MR) is 117 cm³/mol. The van der Waals surface area contributed by atoms with Gasteiger partial charge in [0, 0.05) is 21.2 Å². The minimum absolute atomic E-state index is 0.699. The molecule has 0 aliphatic heterocycles. The summed E-state index contributed by atoms with van der Waals surface area (Å²) in [5.41, 5.74) is -1.86. The van der Waals surface area contributed by atoms with Crippen molar-refractivity contribution < 1.29 is 35.5 Å². The second kappa shape index (κ2) is 9.92. The number of hydrogen-bond acceptors (Lipinski definition) is 5. The normalized spacial score (nSPS) is 12.3. The van der Waals surface area contributed by atoms with Gasteiger partial charge >= 0.3 is 5.51 Å². The molecule has 0 atom stereocenters. The SMILES string of the molecule is C[Si](C)(C)C[n+]1onc(-c2ccc(Cl)cc2)c1-c1ccc(Cl)cc1.O=S(=O)([O-])C(F)(F)F. The average molecular weight is 527 g/mol. The van der Waals surface area contributed by atoms with Crippen molar-refractivity contribution in [2.75, 3.05) is 0 Å². The molecule has 3 rings (SSSR count). The molecule has 3 aromatic rings. The summed E-state index contributed by atoms with van der Waals surface area (Å²) in [7, 11) is -7.48. The van der Waals surface area contributed by atoms with Crippen LogP contribution in [0.15, 0.2) is 53.2 Å². The van der Waals surface area contributed by atoms with E-state index >= 15 is 0 Å². The summed E-state index contributed by atoms with van der Waals surface area (Å²) in [4.78, 5) is 0. The van der Waals surface area contributed by atoms with Crippen molar-refractivity contribution in [2.24, 2.45) is 0 Å². The topological polar surface area (TPSA) is 87.1 Å². The Labute approximate surface area is 194 Å². The highest BCUT2D eigenvalue weighted by atomic mass is 35.5. The van der Waals surface area contributed by atoms with Crippen LogP contribution in [0.4, 0.5) is 13.2 Å². The van der Waals surface area contributed by atoms with Crippen LogP contribution in [0.1, 0.15) is 0 Å². The Morgan fingerprint density at radius 1 is 0.969 bits per heavy atom. The van der Waals surface area contributed by atoms with E-state index in [9.17, 15) is 13.2 Å². The summed E-state index contributed by atoms with van der Waals surface area (Å²) in [6.45, 7) is 6.91. The molecule has 174 valence electrons. The van der Waals surface area contributed by atoms with Gasteiger partial charge in [-0.05, 0) is 48.5 Å². The van der Waals surface area contributed by atoms with Crippen LogP contribution < -0.4 is 4.74 Å². The van der Waals surface area contributed by atoms with Gasteiger partial charge in [0.2, 0.25) is 5.69 Å². The first-order valence-corrected chi connectivity index (χ1v) is 14.9. The summed E-state index contributed by atoms with van der Waals surface area (Å²) in [6, 6.07) is 15.4. The monoisotopic (exact) mass is 526 g/mol. The van der Waals surface area contributed by atoms with Gasteiger partial charge in [-0.1, -0.05) is 52.2 Å². The van der Waals surface area contributed by atoms with Crippen LogP contribution in [-0.2, 0) is 16.3 Å². The van der Waals surface area contributed by atoms with Gasteiger partial charge in [0.15, 0.2) is 15.3 Å². The van der Waals surface area contributed by atoms with Gasteiger partial charge in [-0.2, -0.15) is 13.2 Å². The molecule has 0 fully saturated rings. The Morgan fingerprint density at radius 2 is 1.38 bits per heavy atom. The van der Waals surface area contributed by atoms with E-state index in [1.54, 1.807) is 0 Å². The molecule has 0 aliphatic carbocycles. The van der Waals surface area contributed by atoms with Crippen LogP contribution in [0.5, 0.6) is 0 Å².